The molecule has 0 bridgehead atoms. The van der Waals surface area contributed by atoms with Crippen LogP contribution in [0.4, 0.5) is 4.39 Å². The molecule has 0 aliphatic carbocycles. The second kappa shape index (κ2) is 10.6. The summed E-state index contributed by atoms with van der Waals surface area (Å²) in [5.74, 6) is 0.507. The largest absolute Gasteiger partial charge is 0.357 e. The number of halogens is 2. The van der Waals surface area contributed by atoms with Crippen LogP contribution in [0.2, 0.25) is 0 Å². The Balaban J connectivity index is 0.00000242. The highest BCUT2D eigenvalue weighted by atomic mass is 127. The first-order chi connectivity index (χ1) is 10.3. The van der Waals surface area contributed by atoms with E-state index in [-0.39, 0.29) is 29.8 Å². The van der Waals surface area contributed by atoms with Crippen LogP contribution in [0.15, 0.2) is 46.8 Å². The third-order valence-corrected chi connectivity index (χ3v) is 3.89. The number of aliphatic imine (C=N–C) groups is 1. The summed E-state index contributed by atoms with van der Waals surface area (Å²) >= 11 is 1.75. The molecule has 0 fully saturated rings. The van der Waals surface area contributed by atoms with Crippen LogP contribution >= 0.6 is 35.3 Å². The maximum Gasteiger partial charge on any atom is 0.191 e. The molecule has 2 N–H and O–H groups in total. The van der Waals surface area contributed by atoms with Gasteiger partial charge in [-0.05, 0) is 30.9 Å². The normalized spacial score (nSPS) is 10.9. The molecule has 0 saturated heterocycles. The fourth-order valence-corrected chi connectivity index (χ4v) is 2.60. The number of nitrogens with one attached hydrogen (secondary N) is 2. The minimum atomic E-state index is -0.212. The fourth-order valence-electron chi connectivity index (χ4n) is 1.89. The van der Waals surface area contributed by atoms with Gasteiger partial charge in [0.2, 0.25) is 0 Å². The molecule has 0 saturated carbocycles. The van der Waals surface area contributed by atoms with Gasteiger partial charge < -0.3 is 10.6 Å². The van der Waals surface area contributed by atoms with Crippen LogP contribution in [0.1, 0.15) is 17.4 Å². The second-order valence-electron chi connectivity index (χ2n) is 4.54. The molecule has 0 spiro atoms. The van der Waals surface area contributed by atoms with Gasteiger partial charge in [0, 0.05) is 23.5 Å². The molecule has 1 aromatic carbocycles. The standard InChI is InChI=1S/C16H20FN3S.HI/c1-2-18-16(19-10-9-14-7-5-11-21-14)20-12-13-6-3-4-8-15(13)17;/h3-8,11H,2,9-10,12H2,1H3,(H2,18,19,20);1H. The van der Waals surface area contributed by atoms with Crippen LogP contribution < -0.4 is 10.6 Å². The summed E-state index contributed by atoms with van der Waals surface area (Å²) in [4.78, 5) is 5.76. The van der Waals surface area contributed by atoms with E-state index < -0.39 is 0 Å². The Morgan fingerprint density at radius 3 is 2.68 bits per heavy atom. The molecule has 0 atom stereocenters. The third-order valence-electron chi connectivity index (χ3n) is 2.95. The van der Waals surface area contributed by atoms with Crippen LogP contribution in [0.5, 0.6) is 0 Å². The van der Waals surface area contributed by atoms with Crippen molar-refractivity contribution >= 4 is 41.3 Å². The lowest BCUT2D eigenvalue weighted by Gasteiger charge is -2.11. The molecule has 2 aromatic rings. The lowest BCUT2D eigenvalue weighted by molar-refractivity contribution is 0.610. The smallest absolute Gasteiger partial charge is 0.191 e. The van der Waals surface area contributed by atoms with Gasteiger partial charge in [0.25, 0.3) is 0 Å². The average Bonchev–Trinajstić information content (AvgIpc) is 2.99. The van der Waals surface area contributed by atoms with Gasteiger partial charge >= 0.3 is 0 Å². The zero-order valence-corrected chi connectivity index (χ0v) is 15.7. The van der Waals surface area contributed by atoms with E-state index in [1.165, 1.54) is 10.9 Å². The van der Waals surface area contributed by atoms with Crippen LogP contribution in [0.25, 0.3) is 0 Å². The number of nitrogens with zero attached hydrogens (tertiary/aromatic N) is 1. The van der Waals surface area contributed by atoms with Crippen LogP contribution in [-0.4, -0.2) is 19.0 Å². The fraction of sp³-hybridized carbons (Fsp3) is 0.312. The number of thiophene rings is 1. The van der Waals surface area contributed by atoms with Crippen molar-refractivity contribution in [3.63, 3.8) is 0 Å². The molecule has 1 heterocycles. The first kappa shape index (κ1) is 18.9. The van der Waals surface area contributed by atoms with Crippen molar-refractivity contribution in [2.45, 2.75) is 19.9 Å². The molecule has 0 unspecified atom stereocenters. The highest BCUT2D eigenvalue weighted by molar-refractivity contribution is 14.0. The van der Waals surface area contributed by atoms with Crippen molar-refractivity contribution in [2.24, 2.45) is 4.99 Å². The summed E-state index contributed by atoms with van der Waals surface area (Å²) in [6, 6.07) is 10.9. The minimum Gasteiger partial charge on any atom is -0.357 e. The Morgan fingerprint density at radius 2 is 2.00 bits per heavy atom. The van der Waals surface area contributed by atoms with Gasteiger partial charge in [0.05, 0.1) is 6.54 Å². The molecule has 2 rings (SSSR count). The summed E-state index contributed by atoms with van der Waals surface area (Å²) in [5.41, 5.74) is 0.605. The molecule has 3 nitrogen and oxygen atoms in total. The van der Waals surface area contributed by atoms with E-state index in [1.807, 2.05) is 13.0 Å². The monoisotopic (exact) mass is 433 g/mol. The predicted octanol–water partition coefficient (Wildman–Crippen LogP) is 3.80. The summed E-state index contributed by atoms with van der Waals surface area (Å²) in [7, 11) is 0. The van der Waals surface area contributed by atoms with E-state index >= 15 is 0 Å². The minimum absolute atomic E-state index is 0. The zero-order chi connectivity index (χ0) is 14.9. The number of rotatable bonds is 6. The lowest BCUT2D eigenvalue weighted by Crippen LogP contribution is -2.38. The maximum atomic E-state index is 13.6. The van der Waals surface area contributed by atoms with Crippen molar-refractivity contribution < 1.29 is 4.39 Å². The first-order valence-corrected chi connectivity index (χ1v) is 7.95. The average molecular weight is 433 g/mol. The predicted molar refractivity (Wildman–Crippen MR) is 103 cm³/mol. The van der Waals surface area contributed by atoms with Gasteiger partial charge in [-0.3, -0.25) is 0 Å². The molecular weight excluding hydrogens is 412 g/mol. The molecule has 22 heavy (non-hydrogen) atoms. The Hall–Kier alpha value is -1.15. The van der Waals surface area contributed by atoms with Gasteiger partial charge in [-0.1, -0.05) is 24.3 Å². The molecule has 0 amide bonds. The quantitative estimate of drug-likeness (QED) is 0.413. The summed E-state index contributed by atoms with van der Waals surface area (Å²) in [6.07, 6.45) is 0.960. The van der Waals surface area contributed by atoms with Crippen molar-refractivity contribution in [1.29, 1.82) is 0 Å². The van der Waals surface area contributed by atoms with Gasteiger partial charge in [0.15, 0.2) is 5.96 Å². The van der Waals surface area contributed by atoms with Crippen molar-refractivity contribution in [3.8, 4) is 0 Å². The van der Waals surface area contributed by atoms with E-state index in [9.17, 15) is 4.39 Å². The van der Waals surface area contributed by atoms with Gasteiger partial charge in [0.1, 0.15) is 5.82 Å². The Labute approximate surface area is 152 Å². The lowest BCUT2D eigenvalue weighted by atomic mass is 10.2. The van der Waals surface area contributed by atoms with E-state index in [2.05, 4.69) is 33.1 Å². The summed E-state index contributed by atoms with van der Waals surface area (Å²) < 4.78 is 13.6. The van der Waals surface area contributed by atoms with Crippen molar-refractivity contribution in [3.05, 3.63) is 58.0 Å². The van der Waals surface area contributed by atoms with Crippen molar-refractivity contribution in [2.75, 3.05) is 13.1 Å². The van der Waals surface area contributed by atoms with E-state index in [1.54, 1.807) is 23.5 Å². The Bertz CT molecular complexity index is 573. The molecule has 0 radical (unpaired) electrons. The second-order valence-corrected chi connectivity index (χ2v) is 5.57. The zero-order valence-electron chi connectivity index (χ0n) is 12.5. The van der Waals surface area contributed by atoms with Crippen LogP contribution in [-0.2, 0) is 13.0 Å². The third kappa shape index (κ3) is 6.31. The molecule has 0 aliphatic heterocycles. The molecule has 120 valence electrons. The Kier molecular flexibility index (Phi) is 9.07. The maximum absolute atomic E-state index is 13.6. The number of guanidine groups is 1. The van der Waals surface area contributed by atoms with E-state index in [0.29, 0.717) is 12.1 Å². The Morgan fingerprint density at radius 1 is 1.18 bits per heavy atom. The highest BCUT2D eigenvalue weighted by Crippen LogP contribution is 2.08. The SMILES string of the molecule is CCNC(=NCc1ccccc1F)NCCc1cccs1.I. The summed E-state index contributed by atoms with van der Waals surface area (Å²) in [6.45, 7) is 3.94. The van der Waals surface area contributed by atoms with Crippen molar-refractivity contribution in [1.82, 2.24) is 10.6 Å². The number of benzene rings is 1. The van der Waals surface area contributed by atoms with Gasteiger partial charge in [-0.25, -0.2) is 9.38 Å². The van der Waals surface area contributed by atoms with Gasteiger partial charge in [-0.15, -0.1) is 35.3 Å². The molecule has 1 aromatic heterocycles. The molecule has 6 heteroatoms. The first-order valence-electron chi connectivity index (χ1n) is 7.07. The molecule has 0 aliphatic rings. The van der Waals surface area contributed by atoms with E-state index in [0.717, 1.165) is 25.5 Å². The summed E-state index contributed by atoms with van der Waals surface area (Å²) in [5, 5.41) is 8.52. The molecular formula is C16H21FIN3S. The van der Waals surface area contributed by atoms with E-state index in [4.69, 9.17) is 0 Å². The number of hydrogen-bond acceptors (Lipinski definition) is 2. The topological polar surface area (TPSA) is 36.4 Å². The highest BCUT2D eigenvalue weighted by Gasteiger charge is 2.01. The van der Waals surface area contributed by atoms with Gasteiger partial charge in [-0.2, -0.15) is 0 Å². The number of hydrogen-bond donors (Lipinski definition) is 2. The van der Waals surface area contributed by atoms with Crippen LogP contribution in [0, 0.1) is 5.82 Å². The van der Waals surface area contributed by atoms with Crippen LogP contribution in [0.3, 0.4) is 0 Å².